The van der Waals surface area contributed by atoms with E-state index in [-0.39, 0.29) is 48.3 Å². The molecule has 0 saturated carbocycles. The van der Waals surface area contributed by atoms with E-state index in [4.69, 9.17) is 34.8 Å². The van der Waals surface area contributed by atoms with Crippen LogP contribution in [0.1, 0.15) is 117 Å². The summed E-state index contributed by atoms with van der Waals surface area (Å²) < 4.78 is 30.0. The Kier molecular flexibility index (Phi) is 16.0. The molecular weight excluding hydrogens is 763 g/mol. The Balaban J connectivity index is 1.45. The van der Waals surface area contributed by atoms with Crippen LogP contribution in [0.15, 0.2) is 64.6 Å². The lowest BCUT2D eigenvalue weighted by Gasteiger charge is -2.18. The lowest BCUT2D eigenvalue weighted by molar-refractivity contribution is -0.118. The monoisotopic (exact) mass is 806 g/mol. The Bertz CT molecular complexity index is 1870. The zero-order valence-electron chi connectivity index (χ0n) is 29.5. The topological polar surface area (TPSA) is 165 Å². The van der Waals surface area contributed by atoms with Crippen LogP contribution < -0.4 is 15.0 Å². The van der Waals surface area contributed by atoms with Gasteiger partial charge in [0.2, 0.25) is 10.0 Å². The molecule has 15 heteroatoms. The molecule has 0 saturated heterocycles. The molecule has 3 aromatic carbocycles. The molecular formula is C38H45Cl3N4O7S. The predicted octanol–water partition coefficient (Wildman–Crippen LogP) is 9.80. The molecule has 286 valence electrons. The summed E-state index contributed by atoms with van der Waals surface area (Å²) in [6, 6.07) is 10.7. The van der Waals surface area contributed by atoms with Crippen molar-refractivity contribution in [2.45, 2.75) is 108 Å². The molecule has 0 fully saturated rings. The van der Waals surface area contributed by atoms with Gasteiger partial charge in [0, 0.05) is 10.7 Å². The van der Waals surface area contributed by atoms with E-state index in [1.165, 1.54) is 82.4 Å². The van der Waals surface area contributed by atoms with Crippen LogP contribution in [0.2, 0.25) is 15.1 Å². The Morgan fingerprint density at radius 1 is 0.774 bits per heavy atom. The van der Waals surface area contributed by atoms with Crippen LogP contribution >= 0.6 is 34.8 Å². The summed E-state index contributed by atoms with van der Waals surface area (Å²) in [5, 5.41) is 27.0. The molecule has 0 aromatic heterocycles. The van der Waals surface area contributed by atoms with Gasteiger partial charge >= 0.3 is 11.9 Å². The fraction of sp³-hybridized carbons (Fsp3) is 0.421. The van der Waals surface area contributed by atoms with E-state index >= 15 is 0 Å². The van der Waals surface area contributed by atoms with E-state index in [1.807, 2.05) is 6.07 Å². The summed E-state index contributed by atoms with van der Waals surface area (Å²) in [5.41, 5.74) is -0.0541. The van der Waals surface area contributed by atoms with Crippen LogP contribution in [0.3, 0.4) is 0 Å². The second kappa shape index (κ2) is 20.1. The molecule has 1 unspecified atom stereocenters. The molecule has 0 spiro atoms. The number of carbonyl (C=O) groups is 3. The number of anilines is 2. The third kappa shape index (κ3) is 12.2. The average molecular weight is 808 g/mol. The third-order valence-electron chi connectivity index (χ3n) is 8.88. The lowest BCUT2D eigenvalue weighted by atomic mass is 10.0. The number of aromatic carboxylic acids is 2. The number of sulfonamides is 1. The number of carboxylic acid groups (broad SMARTS) is 2. The van der Waals surface area contributed by atoms with Gasteiger partial charge in [-0.05, 0) is 60.9 Å². The minimum Gasteiger partial charge on any atom is -0.478 e. The number of benzene rings is 3. The Morgan fingerprint density at radius 3 is 1.83 bits per heavy atom. The molecule has 1 atom stereocenters. The molecule has 53 heavy (non-hydrogen) atoms. The average Bonchev–Trinajstić information content (AvgIpc) is 3.38. The second-order valence-corrected chi connectivity index (χ2v) is 16.0. The fourth-order valence-corrected chi connectivity index (χ4v) is 8.29. The number of amidine groups is 1. The van der Waals surface area contributed by atoms with Crippen molar-refractivity contribution in [3.63, 3.8) is 0 Å². The predicted molar refractivity (Wildman–Crippen MR) is 210 cm³/mol. The molecule has 0 aliphatic carbocycles. The largest absolute Gasteiger partial charge is 0.478 e. The first-order chi connectivity index (χ1) is 25.3. The van der Waals surface area contributed by atoms with Crippen molar-refractivity contribution < 1.29 is 33.0 Å². The molecule has 0 radical (unpaired) electrons. The number of rotatable bonds is 21. The van der Waals surface area contributed by atoms with Crippen LogP contribution in [0.25, 0.3) is 0 Å². The highest BCUT2D eigenvalue weighted by Gasteiger charge is 2.41. The number of aryl methyl sites for hydroxylation is 1. The maximum Gasteiger partial charge on any atom is 0.335 e. The van der Waals surface area contributed by atoms with Gasteiger partial charge in [0.15, 0.2) is 11.9 Å². The van der Waals surface area contributed by atoms with Crippen LogP contribution in [-0.2, 0) is 21.2 Å². The SMILES string of the molecule is CCCCCCCCCCCCCCCc1cccc(S(=O)(=O)NC2C(=O)N(c3c(Cl)cc(Cl)cc3Cl)N=C2Nc2cc(C(=O)O)cc(C(=O)O)c2)c1. The van der Waals surface area contributed by atoms with E-state index in [2.05, 4.69) is 22.1 Å². The number of hydrogen-bond donors (Lipinski definition) is 4. The van der Waals surface area contributed by atoms with Gasteiger partial charge in [-0.1, -0.05) is 131 Å². The number of nitrogens with one attached hydrogen (secondary N) is 2. The molecule has 4 rings (SSSR count). The maximum absolute atomic E-state index is 13.9. The normalized spacial score (nSPS) is 14.4. The van der Waals surface area contributed by atoms with Crippen molar-refractivity contribution in [3.8, 4) is 0 Å². The molecule has 11 nitrogen and oxygen atoms in total. The molecule has 0 bridgehead atoms. The van der Waals surface area contributed by atoms with Gasteiger partial charge in [-0.3, -0.25) is 4.79 Å². The van der Waals surface area contributed by atoms with Gasteiger partial charge in [0.05, 0.1) is 26.1 Å². The zero-order valence-corrected chi connectivity index (χ0v) is 32.6. The van der Waals surface area contributed by atoms with Crippen molar-refractivity contribution >= 4 is 79.9 Å². The van der Waals surface area contributed by atoms with E-state index < -0.39 is 33.9 Å². The standard InChI is InChI=1S/C38H45Cl3N4O7S/c1-2-3-4-5-6-7-8-9-10-11-12-13-14-16-25-17-15-18-30(19-25)53(51,52)44-33-35(42-29-21-26(37(47)48)20-27(22-29)38(49)50)43-45(36(33)46)34-31(40)23-28(39)24-32(34)41/h15,17-24,33,44H,2-14,16H2,1H3,(H,42,43)(H,47,48)(H,49,50). The number of nitrogens with zero attached hydrogens (tertiary/aromatic N) is 2. The van der Waals surface area contributed by atoms with E-state index in [1.54, 1.807) is 12.1 Å². The van der Waals surface area contributed by atoms with Gasteiger partial charge in [-0.25, -0.2) is 18.0 Å². The maximum atomic E-state index is 13.9. The fourth-order valence-electron chi connectivity index (χ4n) is 6.09. The van der Waals surface area contributed by atoms with Gasteiger partial charge in [0.25, 0.3) is 5.91 Å². The molecule has 4 N–H and O–H groups in total. The van der Waals surface area contributed by atoms with Crippen LogP contribution in [0.4, 0.5) is 11.4 Å². The van der Waals surface area contributed by atoms with Gasteiger partial charge in [-0.2, -0.15) is 9.73 Å². The van der Waals surface area contributed by atoms with Crippen LogP contribution in [0.5, 0.6) is 0 Å². The number of carboxylic acids is 2. The Hall–Kier alpha value is -3.68. The number of unbranched alkanes of at least 4 members (excludes halogenated alkanes) is 12. The van der Waals surface area contributed by atoms with Gasteiger partial charge in [-0.15, -0.1) is 5.10 Å². The summed E-state index contributed by atoms with van der Waals surface area (Å²) in [4.78, 5) is 37.3. The van der Waals surface area contributed by atoms with Gasteiger partial charge < -0.3 is 15.5 Å². The number of halogens is 3. The summed E-state index contributed by atoms with van der Waals surface area (Å²) >= 11 is 18.8. The first-order valence-corrected chi connectivity index (χ1v) is 20.5. The number of hydrogen-bond acceptors (Lipinski definition) is 7. The molecule has 1 heterocycles. The Morgan fingerprint density at radius 2 is 1.30 bits per heavy atom. The number of hydrazone groups is 1. The number of carbonyl (C=O) groups excluding carboxylic acids is 1. The van der Waals surface area contributed by atoms with Crippen molar-refractivity contribution in [2.75, 3.05) is 10.3 Å². The highest BCUT2D eigenvalue weighted by molar-refractivity contribution is 7.89. The van der Waals surface area contributed by atoms with Gasteiger partial charge in [0.1, 0.15) is 5.69 Å². The molecule has 3 aromatic rings. The first kappa shape index (κ1) is 42.1. The van der Waals surface area contributed by atoms with E-state index in [9.17, 15) is 33.0 Å². The van der Waals surface area contributed by atoms with E-state index in [0.717, 1.165) is 48.0 Å². The van der Waals surface area contributed by atoms with Crippen LogP contribution in [-0.4, -0.2) is 48.4 Å². The lowest BCUT2D eigenvalue weighted by Crippen LogP contribution is -2.48. The Labute approximate surface area is 325 Å². The van der Waals surface area contributed by atoms with Crippen molar-refractivity contribution in [3.05, 3.63) is 86.4 Å². The first-order valence-electron chi connectivity index (χ1n) is 17.9. The minimum absolute atomic E-state index is 0.0515. The second-order valence-electron chi connectivity index (χ2n) is 13.1. The van der Waals surface area contributed by atoms with E-state index in [0.29, 0.717) is 6.42 Å². The quantitative estimate of drug-likeness (QED) is 0.0773. The summed E-state index contributed by atoms with van der Waals surface area (Å²) in [6.07, 6.45) is 16.6. The smallest absolute Gasteiger partial charge is 0.335 e. The highest BCUT2D eigenvalue weighted by Crippen LogP contribution is 2.39. The highest BCUT2D eigenvalue weighted by atomic mass is 35.5. The summed E-state index contributed by atoms with van der Waals surface area (Å²) in [6.45, 7) is 2.23. The van der Waals surface area contributed by atoms with Crippen molar-refractivity contribution in [1.82, 2.24) is 4.72 Å². The summed E-state index contributed by atoms with van der Waals surface area (Å²) in [5.74, 6) is -3.99. The molecule has 1 amide bonds. The third-order valence-corrected chi connectivity index (χ3v) is 11.1. The van der Waals surface area contributed by atoms with Crippen LogP contribution in [0, 0.1) is 0 Å². The molecule has 1 aliphatic heterocycles. The zero-order chi connectivity index (χ0) is 38.5. The molecule has 1 aliphatic rings. The summed E-state index contributed by atoms with van der Waals surface area (Å²) in [7, 11) is -4.35. The van der Waals surface area contributed by atoms with Crippen molar-refractivity contribution in [2.24, 2.45) is 5.10 Å². The number of amides is 1. The van der Waals surface area contributed by atoms with Crippen molar-refractivity contribution in [1.29, 1.82) is 0 Å². The minimum atomic E-state index is -4.35.